The molecule has 2 heterocycles. The van der Waals surface area contributed by atoms with Gasteiger partial charge in [-0.2, -0.15) is 0 Å². The Bertz CT molecular complexity index is 804. The Balaban J connectivity index is 1.62. The summed E-state index contributed by atoms with van der Waals surface area (Å²) in [5.74, 6) is 0. The fourth-order valence-electron chi connectivity index (χ4n) is 2.96. The van der Waals surface area contributed by atoms with Crippen molar-refractivity contribution in [1.82, 2.24) is 15.2 Å². The molecule has 0 aliphatic carbocycles. The minimum atomic E-state index is -0.262. The molecule has 0 fully saturated rings. The number of benzene rings is 1. The molecule has 1 atom stereocenters. The summed E-state index contributed by atoms with van der Waals surface area (Å²) in [4.78, 5) is 28.7. The molecular weight excluding hydrogens is 342 g/mol. The first kappa shape index (κ1) is 17.5. The lowest BCUT2D eigenvalue weighted by Gasteiger charge is -2.29. The number of carbonyl (C=O) groups excluding carboxylic acids is 1. The molecule has 0 radical (unpaired) electrons. The molecule has 3 rings (SSSR count). The molecule has 1 aromatic carbocycles. The standard InChI is InChI=1S/C18H20ClN3O3/c1-25-16(13-2-4-14(19)5-3-13)10-21-18(24)22-9-7-12-6-8-20-17(23)15(12)11-22/h2-6,8,16H,7,9-11H2,1H3,(H,20,23)(H,21,24). The predicted molar refractivity (Wildman–Crippen MR) is 95.8 cm³/mol. The Hall–Kier alpha value is -2.31. The number of nitrogens with zero attached hydrogens (tertiary/aromatic N) is 1. The minimum Gasteiger partial charge on any atom is -0.375 e. The molecular formula is C18H20ClN3O3. The smallest absolute Gasteiger partial charge is 0.317 e. The van der Waals surface area contributed by atoms with Crippen LogP contribution in [0.15, 0.2) is 41.3 Å². The highest BCUT2D eigenvalue weighted by Crippen LogP contribution is 2.19. The number of nitrogens with one attached hydrogen (secondary N) is 2. The lowest BCUT2D eigenvalue weighted by Crippen LogP contribution is -2.45. The van der Waals surface area contributed by atoms with Crippen molar-refractivity contribution in [2.24, 2.45) is 0 Å². The van der Waals surface area contributed by atoms with Crippen LogP contribution in [0.5, 0.6) is 0 Å². The Kier molecular flexibility index (Phi) is 5.40. The van der Waals surface area contributed by atoms with Crippen molar-refractivity contribution < 1.29 is 9.53 Å². The van der Waals surface area contributed by atoms with E-state index in [0.29, 0.717) is 36.6 Å². The van der Waals surface area contributed by atoms with Gasteiger partial charge < -0.3 is 19.9 Å². The number of methoxy groups -OCH3 is 1. The zero-order valence-corrected chi connectivity index (χ0v) is 14.7. The zero-order valence-electron chi connectivity index (χ0n) is 13.9. The van der Waals surface area contributed by atoms with Gasteiger partial charge in [0.15, 0.2) is 0 Å². The van der Waals surface area contributed by atoms with Gasteiger partial charge in [-0.25, -0.2) is 4.79 Å². The third kappa shape index (κ3) is 4.03. The molecule has 1 unspecified atom stereocenters. The summed E-state index contributed by atoms with van der Waals surface area (Å²) >= 11 is 5.90. The SMILES string of the molecule is COC(CNC(=O)N1CCc2cc[nH]c(=O)c2C1)c1ccc(Cl)cc1. The van der Waals surface area contributed by atoms with Gasteiger partial charge >= 0.3 is 6.03 Å². The van der Waals surface area contributed by atoms with Gasteiger partial charge in [0.25, 0.3) is 5.56 Å². The quantitative estimate of drug-likeness (QED) is 0.878. The fraction of sp³-hybridized carbons (Fsp3) is 0.333. The number of halogens is 1. The number of aromatic nitrogens is 1. The van der Waals surface area contributed by atoms with Gasteiger partial charge in [-0.3, -0.25) is 4.79 Å². The fourth-order valence-corrected chi connectivity index (χ4v) is 3.09. The van der Waals surface area contributed by atoms with Crippen LogP contribution in [0, 0.1) is 0 Å². The molecule has 0 saturated heterocycles. The lowest BCUT2D eigenvalue weighted by molar-refractivity contribution is 0.101. The third-order valence-corrected chi connectivity index (χ3v) is 4.66. The Morgan fingerprint density at radius 3 is 2.84 bits per heavy atom. The number of rotatable bonds is 4. The van der Waals surface area contributed by atoms with Crippen molar-refractivity contribution >= 4 is 17.6 Å². The predicted octanol–water partition coefficient (Wildman–Crippen LogP) is 2.48. The number of H-pyrrole nitrogens is 1. The number of pyridine rings is 1. The monoisotopic (exact) mass is 361 g/mol. The Morgan fingerprint density at radius 2 is 2.12 bits per heavy atom. The van der Waals surface area contributed by atoms with Crippen molar-refractivity contribution in [3.8, 4) is 0 Å². The molecule has 0 saturated carbocycles. The van der Waals surface area contributed by atoms with Crippen LogP contribution in [-0.2, 0) is 17.7 Å². The van der Waals surface area contributed by atoms with Gasteiger partial charge in [-0.1, -0.05) is 23.7 Å². The zero-order chi connectivity index (χ0) is 17.8. The number of aromatic amines is 1. The maximum atomic E-state index is 12.5. The van der Waals surface area contributed by atoms with Crippen LogP contribution >= 0.6 is 11.6 Å². The van der Waals surface area contributed by atoms with E-state index in [4.69, 9.17) is 16.3 Å². The van der Waals surface area contributed by atoms with E-state index in [1.165, 1.54) is 0 Å². The number of hydrogen-bond donors (Lipinski definition) is 2. The molecule has 1 aromatic heterocycles. The number of fused-ring (bicyclic) bond motifs is 1. The van der Waals surface area contributed by atoms with Crippen molar-refractivity contribution in [3.05, 3.63) is 68.6 Å². The van der Waals surface area contributed by atoms with Crippen LogP contribution in [-0.4, -0.2) is 36.1 Å². The molecule has 1 aliphatic heterocycles. The first-order valence-electron chi connectivity index (χ1n) is 8.09. The van der Waals surface area contributed by atoms with Gasteiger partial charge in [0.2, 0.25) is 0 Å². The molecule has 2 N–H and O–H groups in total. The topological polar surface area (TPSA) is 74.4 Å². The van der Waals surface area contributed by atoms with Crippen LogP contribution in [0.2, 0.25) is 5.02 Å². The summed E-state index contributed by atoms with van der Waals surface area (Å²) < 4.78 is 5.46. The maximum Gasteiger partial charge on any atom is 0.317 e. The molecule has 0 spiro atoms. The second-order valence-corrected chi connectivity index (χ2v) is 6.38. The summed E-state index contributed by atoms with van der Waals surface area (Å²) in [5, 5.41) is 3.54. The van der Waals surface area contributed by atoms with Crippen molar-refractivity contribution in [1.29, 1.82) is 0 Å². The highest BCUT2D eigenvalue weighted by Gasteiger charge is 2.23. The highest BCUT2D eigenvalue weighted by atomic mass is 35.5. The van der Waals surface area contributed by atoms with Crippen LogP contribution in [0.1, 0.15) is 22.8 Å². The number of ether oxygens (including phenoxy) is 1. The molecule has 6 nitrogen and oxygen atoms in total. The first-order chi connectivity index (χ1) is 12.1. The average molecular weight is 362 g/mol. The summed E-state index contributed by atoms with van der Waals surface area (Å²) in [5.41, 5.74) is 2.46. The second-order valence-electron chi connectivity index (χ2n) is 5.94. The van der Waals surface area contributed by atoms with E-state index in [0.717, 1.165) is 11.1 Å². The van der Waals surface area contributed by atoms with Gasteiger partial charge in [-0.05, 0) is 35.7 Å². The lowest BCUT2D eigenvalue weighted by atomic mass is 10.0. The summed E-state index contributed by atoms with van der Waals surface area (Å²) in [6.45, 7) is 1.24. The van der Waals surface area contributed by atoms with Gasteiger partial charge in [-0.15, -0.1) is 0 Å². The van der Waals surface area contributed by atoms with Gasteiger partial charge in [0.05, 0.1) is 12.6 Å². The number of amides is 2. The van der Waals surface area contributed by atoms with E-state index in [9.17, 15) is 9.59 Å². The van der Waals surface area contributed by atoms with Gasteiger partial charge in [0, 0.05) is 37.0 Å². The molecule has 25 heavy (non-hydrogen) atoms. The number of carbonyl (C=O) groups is 1. The van der Waals surface area contributed by atoms with E-state index >= 15 is 0 Å². The largest absolute Gasteiger partial charge is 0.375 e. The summed E-state index contributed by atoms with van der Waals surface area (Å²) in [7, 11) is 1.60. The number of hydrogen-bond acceptors (Lipinski definition) is 3. The second kappa shape index (κ2) is 7.72. The molecule has 1 aliphatic rings. The van der Waals surface area contributed by atoms with E-state index in [-0.39, 0.29) is 17.7 Å². The van der Waals surface area contributed by atoms with Crippen LogP contribution in [0.25, 0.3) is 0 Å². The van der Waals surface area contributed by atoms with E-state index in [2.05, 4.69) is 10.3 Å². The first-order valence-corrected chi connectivity index (χ1v) is 8.46. The molecule has 2 amide bonds. The number of urea groups is 1. The van der Waals surface area contributed by atoms with Gasteiger partial charge in [0.1, 0.15) is 0 Å². The van der Waals surface area contributed by atoms with E-state index in [1.807, 2.05) is 18.2 Å². The highest BCUT2D eigenvalue weighted by molar-refractivity contribution is 6.30. The molecule has 2 aromatic rings. The van der Waals surface area contributed by atoms with Crippen molar-refractivity contribution in [3.63, 3.8) is 0 Å². The van der Waals surface area contributed by atoms with Crippen molar-refractivity contribution in [2.75, 3.05) is 20.2 Å². The normalized spacial score (nSPS) is 14.7. The van der Waals surface area contributed by atoms with E-state index < -0.39 is 0 Å². The Labute approximate surface area is 150 Å². The Morgan fingerprint density at radius 1 is 1.36 bits per heavy atom. The third-order valence-electron chi connectivity index (χ3n) is 4.41. The molecule has 0 bridgehead atoms. The van der Waals surface area contributed by atoms with Crippen LogP contribution in [0.4, 0.5) is 4.79 Å². The van der Waals surface area contributed by atoms with E-state index in [1.54, 1.807) is 30.3 Å². The van der Waals surface area contributed by atoms with Crippen LogP contribution in [0.3, 0.4) is 0 Å². The minimum absolute atomic E-state index is 0.133. The maximum absolute atomic E-state index is 12.5. The molecule has 132 valence electrons. The average Bonchev–Trinajstić information content (AvgIpc) is 2.63. The molecule has 7 heteroatoms. The summed E-state index contributed by atoms with van der Waals surface area (Å²) in [6, 6.07) is 9.02. The van der Waals surface area contributed by atoms with Crippen LogP contribution < -0.4 is 10.9 Å². The van der Waals surface area contributed by atoms with Crippen molar-refractivity contribution in [2.45, 2.75) is 19.1 Å². The summed E-state index contributed by atoms with van der Waals surface area (Å²) in [6.07, 6.45) is 2.06.